The first-order chi connectivity index (χ1) is 10.2. The van der Waals surface area contributed by atoms with Gasteiger partial charge in [-0.25, -0.2) is 8.78 Å². The van der Waals surface area contributed by atoms with E-state index in [9.17, 15) is 8.78 Å². The molecule has 1 aromatic carbocycles. The molecule has 2 aliphatic heterocycles. The Balaban J connectivity index is 1.66. The number of anilines is 1. The zero-order valence-corrected chi connectivity index (χ0v) is 12.5. The zero-order chi connectivity index (χ0) is 14.7. The van der Waals surface area contributed by atoms with Crippen molar-refractivity contribution >= 4 is 5.69 Å². The molecule has 0 saturated carbocycles. The van der Waals surface area contributed by atoms with Crippen molar-refractivity contribution in [1.29, 1.82) is 0 Å². The van der Waals surface area contributed by atoms with Crippen LogP contribution in [0.5, 0.6) is 0 Å². The molecule has 1 N–H and O–H groups in total. The highest BCUT2D eigenvalue weighted by Gasteiger charge is 2.32. The van der Waals surface area contributed by atoms with Crippen LogP contribution in [-0.2, 0) is 0 Å². The molecule has 0 aromatic heterocycles. The lowest BCUT2D eigenvalue weighted by Gasteiger charge is -2.41. The highest BCUT2D eigenvalue weighted by atomic mass is 19.1. The Morgan fingerprint density at radius 3 is 2.00 bits per heavy atom. The van der Waals surface area contributed by atoms with Crippen molar-refractivity contribution in [3.8, 4) is 0 Å². The minimum atomic E-state index is -0.484. The number of hydrogen-bond acceptors (Lipinski definition) is 2. The third-order valence-corrected chi connectivity index (χ3v) is 5.15. The average molecular weight is 294 g/mol. The van der Waals surface area contributed by atoms with Crippen LogP contribution in [-0.4, -0.2) is 26.2 Å². The van der Waals surface area contributed by atoms with Gasteiger partial charge in [0.25, 0.3) is 0 Å². The van der Waals surface area contributed by atoms with Crippen LogP contribution in [0.3, 0.4) is 0 Å². The van der Waals surface area contributed by atoms with Gasteiger partial charge in [-0.05, 0) is 69.2 Å². The second-order valence-corrected chi connectivity index (χ2v) is 6.57. The predicted octanol–water partition coefficient (Wildman–Crippen LogP) is 3.72. The molecule has 2 nitrogen and oxygen atoms in total. The summed E-state index contributed by atoms with van der Waals surface area (Å²) in [5.74, 6) is -0.969. The molecule has 0 amide bonds. The van der Waals surface area contributed by atoms with Gasteiger partial charge in [0.1, 0.15) is 11.6 Å². The summed E-state index contributed by atoms with van der Waals surface area (Å²) >= 11 is 0. The largest absolute Gasteiger partial charge is 0.371 e. The maximum absolute atomic E-state index is 13.4. The van der Waals surface area contributed by atoms with E-state index in [1.165, 1.54) is 37.8 Å². The molecule has 116 valence electrons. The average Bonchev–Trinajstić information content (AvgIpc) is 2.43. The molecule has 21 heavy (non-hydrogen) atoms. The number of nitrogens with one attached hydrogen (secondary N) is 1. The van der Waals surface area contributed by atoms with Gasteiger partial charge in [0, 0.05) is 24.8 Å². The molecular formula is C17H24F2N2. The van der Waals surface area contributed by atoms with E-state index in [1.807, 2.05) is 0 Å². The molecule has 0 atom stereocenters. The molecule has 2 heterocycles. The van der Waals surface area contributed by atoms with E-state index in [1.54, 1.807) is 0 Å². The summed E-state index contributed by atoms with van der Waals surface area (Å²) in [4.78, 5) is 2.14. The molecule has 0 radical (unpaired) electrons. The first-order valence-electron chi connectivity index (χ1n) is 8.09. The molecule has 3 rings (SSSR count). The number of hydrogen-bond donors (Lipinski definition) is 1. The van der Waals surface area contributed by atoms with Gasteiger partial charge in [0.2, 0.25) is 0 Å². The predicted molar refractivity (Wildman–Crippen MR) is 81.6 cm³/mol. The first-order valence-corrected chi connectivity index (χ1v) is 8.09. The summed E-state index contributed by atoms with van der Waals surface area (Å²) in [5.41, 5.74) is 1.21. The number of nitrogens with zero attached hydrogens (tertiary/aromatic N) is 1. The number of halogens is 2. The fourth-order valence-corrected chi connectivity index (χ4v) is 3.96. The van der Waals surface area contributed by atoms with E-state index in [2.05, 4.69) is 10.2 Å². The molecule has 0 bridgehead atoms. The topological polar surface area (TPSA) is 15.3 Å². The number of benzene rings is 1. The molecule has 2 saturated heterocycles. The van der Waals surface area contributed by atoms with Gasteiger partial charge in [-0.3, -0.25) is 0 Å². The second-order valence-electron chi connectivity index (χ2n) is 6.57. The van der Waals surface area contributed by atoms with Gasteiger partial charge >= 0.3 is 0 Å². The molecular weight excluding hydrogens is 270 g/mol. The number of piperidine rings is 1. The molecule has 1 aromatic rings. The highest BCUT2D eigenvalue weighted by Crippen LogP contribution is 2.40. The van der Waals surface area contributed by atoms with Gasteiger partial charge in [-0.1, -0.05) is 0 Å². The van der Waals surface area contributed by atoms with Crippen molar-refractivity contribution in [2.75, 3.05) is 31.1 Å². The minimum Gasteiger partial charge on any atom is -0.371 e. The summed E-state index contributed by atoms with van der Waals surface area (Å²) < 4.78 is 26.8. The van der Waals surface area contributed by atoms with E-state index in [-0.39, 0.29) is 0 Å². The van der Waals surface area contributed by atoms with Crippen LogP contribution < -0.4 is 10.2 Å². The smallest absolute Gasteiger partial charge is 0.128 e. The quantitative estimate of drug-likeness (QED) is 0.849. The Hall–Kier alpha value is -1.16. The van der Waals surface area contributed by atoms with Crippen molar-refractivity contribution in [3.63, 3.8) is 0 Å². The zero-order valence-electron chi connectivity index (χ0n) is 12.5. The lowest BCUT2D eigenvalue weighted by atomic mass is 9.71. The fourth-order valence-electron chi connectivity index (χ4n) is 3.96. The molecule has 1 spiro atoms. The Bertz CT molecular complexity index is 451. The Kier molecular flexibility index (Phi) is 4.43. The van der Waals surface area contributed by atoms with Crippen molar-refractivity contribution in [2.24, 2.45) is 5.41 Å². The van der Waals surface area contributed by atoms with Gasteiger partial charge in [-0.2, -0.15) is 0 Å². The van der Waals surface area contributed by atoms with Crippen molar-refractivity contribution in [3.05, 3.63) is 29.8 Å². The van der Waals surface area contributed by atoms with Crippen LogP contribution in [0.2, 0.25) is 0 Å². The van der Waals surface area contributed by atoms with Crippen LogP contribution in [0.1, 0.15) is 38.5 Å². The lowest BCUT2D eigenvalue weighted by Crippen LogP contribution is -2.39. The Labute approximate surface area is 125 Å². The normalized spacial score (nSPS) is 22.9. The SMILES string of the molecule is Fc1cc(F)cc(N2CCCC3(CCC2)CCNCC3)c1. The molecule has 0 unspecified atom stereocenters. The van der Waals surface area contributed by atoms with Crippen LogP contribution in [0.25, 0.3) is 0 Å². The monoisotopic (exact) mass is 294 g/mol. The van der Waals surface area contributed by atoms with Crippen LogP contribution in [0.4, 0.5) is 14.5 Å². The van der Waals surface area contributed by atoms with Crippen LogP contribution in [0, 0.1) is 17.0 Å². The Morgan fingerprint density at radius 1 is 0.857 bits per heavy atom. The van der Waals surface area contributed by atoms with Crippen molar-refractivity contribution in [1.82, 2.24) is 5.32 Å². The standard InChI is InChI=1S/C17H24F2N2/c18-14-11-15(19)13-16(12-14)21-9-1-3-17(4-2-10-21)5-7-20-8-6-17/h11-13,20H,1-10H2. The summed E-state index contributed by atoms with van der Waals surface area (Å²) in [6.07, 6.45) is 7.26. The van der Waals surface area contributed by atoms with Gasteiger partial charge < -0.3 is 10.2 Å². The van der Waals surface area contributed by atoms with Crippen molar-refractivity contribution < 1.29 is 8.78 Å². The van der Waals surface area contributed by atoms with E-state index in [0.717, 1.165) is 45.1 Å². The van der Waals surface area contributed by atoms with Gasteiger partial charge in [-0.15, -0.1) is 0 Å². The summed E-state index contributed by atoms with van der Waals surface area (Å²) in [7, 11) is 0. The second kappa shape index (κ2) is 6.30. The maximum atomic E-state index is 13.4. The lowest BCUT2D eigenvalue weighted by molar-refractivity contribution is 0.156. The third kappa shape index (κ3) is 3.54. The fraction of sp³-hybridized carbons (Fsp3) is 0.647. The first kappa shape index (κ1) is 14.8. The summed E-state index contributed by atoms with van der Waals surface area (Å²) in [5, 5.41) is 3.45. The minimum absolute atomic E-state index is 0.484. The number of rotatable bonds is 1. The van der Waals surface area contributed by atoms with E-state index in [0.29, 0.717) is 11.1 Å². The Morgan fingerprint density at radius 2 is 1.43 bits per heavy atom. The van der Waals surface area contributed by atoms with Crippen LogP contribution >= 0.6 is 0 Å². The molecule has 0 aliphatic carbocycles. The van der Waals surface area contributed by atoms with Gasteiger partial charge in [0.05, 0.1) is 0 Å². The molecule has 4 heteroatoms. The highest BCUT2D eigenvalue weighted by molar-refractivity contribution is 5.46. The molecule has 2 fully saturated rings. The van der Waals surface area contributed by atoms with Gasteiger partial charge in [0.15, 0.2) is 0 Å². The van der Waals surface area contributed by atoms with E-state index < -0.39 is 11.6 Å². The third-order valence-electron chi connectivity index (χ3n) is 5.15. The summed E-state index contributed by atoms with van der Waals surface area (Å²) in [6, 6.07) is 3.84. The maximum Gasteiger partial charge on any atom is 0.128 e. The van der Waals surface area contributed by atoms with Crippen LogP contribution in [0.15, 0.2) is 18.2 Å². The van der Waals surface area contributed by atoms with E-state index >= 15 is 0 Å². The molecule has 2 aliphatic rings. The van der Waals surface area contributed by atoms with E-state index in [4.69, 9.17) is 0 Å². The summed E-state index contributed by atoms with van der Waals surface area (Å²) in [6.45, 7) is 4.08. The van der Waals surface area contributed by atoms with Crippen molar-refractivity contribution in [2.45, 2.75) is 38.5 Å².